The summed E-state index contributed by atoms with van der Waals surface area (Å²) in [5.41, 5.74) is 0.761. The maximum atomic E-state index is 13.6. The lowest BCUT2D eigenvalue weighted by Crippen LogP contribution is -2.59. The van der Waals surface area contributed by atoms with Crippen LogP contribution in [0.4, 0.5) is 10.5 Å². The fourth-order valence-electron chi connectivity index (χ4n) is 5.43. The van der Waals surface area contributed by atoms with Gasteiger partial charge in [-0.2, -0.15) is 0 Å². The molecule has 0 bridgehead atoms. The molecule has 2 aliphatic heterocycles. The zero-order valence-electron chi connectivity index (χ0n) is 19.6. The van der Waals surface area contributed by atoms with E-state index in [1.54, 1.807) is 7.11 Å². The van der Waals surface area contributed by atoms with Gasteiger partial charge in [0.25, 0.3) is 0 Å². The minimum atomic E-state index is -0.0800. The van der Waals surface area contributed by atoms with Crippen LogP contribution in [-0.4, -0.2) is 79.1 Å². The number of amides is 3. The monoisotopic (exact) mass is 442 g/mol. The normalized spacial score (nSPS) is 22.1. The molecule has 2 saturated heterocycles. The first-order valence-corrected chi connectivity index (χ1v) is 12.3. The number of methoxy groups -OCH3 is 1. The molecule has 7 nitrogen and oxygen atoms in total. The summed E-state index contributed by atoms with van der Waals surface area (Å²) >= 11 is 0. The third-order valence-corrected chi connectivity index (χ3v) is 7.53. The van der Waals surface area contributed by atoms with Gasteiger partial charge in [0.1, 0.15) is 5.75 Å². The van der Waals surface area contributed by atoms with Gasteiger partial charge < -0.3 is 19.9 Å². The molecule has 7 heteroatoms. The van der Waals surface area contributed by atoms with Crippen LogP contribution in [0, 0.1) is 11.8 Å². The van der Waals surface area contributed by atoms with Crippen LogP contribution in [0.1, 0.15) is 45.4 Å². The van der Waals surface area contributed by atoms with Crippen molar-refractivity contribution in [3.05, 3.63) is 24.3 Å². The maximum absolute atomic E-state index is 13.6. The summed E-state index contributed by atoms with van der Waals surface area (Å²) in [7, 11) is 1.63. The summed E-state index contributed by atoms with van der Waals surface area (Å²) < 4.78 is 5.18. The fraction of sp³-hybridized carbons (Fsp3) is 0.680. The highest BCUT2D eigenvalue weighted by Gasteiger charge is 2.39. The number of piperazine rings is 1. The largest absolute Gasteiger partial charge is 0.497 e. The molecule has 2 heterocycles. The number of carbonyl (C=O) groups excluding carboxylic acids is 2. The van der Waals surface area contributed by atoms with Crippen molar-refractivity contribution in [2.45, 2.75) is 51.5 Å². The molecular weight excluding hydrogens is 404 g/mol. The van der Waals surface area contributed by atoms with Crippen molar-refractivity contribution in [3.8, 4) is 5.75 Å². The van der Waals surface area contributed by atoms with Crippen molar-refractivity contribution >= 4 is 17.6 Å². The van der Waals surface area contributed by atoms with Gasteiger partial charge in [-0.1, -0.05) is 19.8 Å². The van der Waals surface area contributed by atoms with E-state index in [0.29, 0.717) is 24.9 Å². The number of anilines is 1. The minimum Gasteiger partial charge on any atom is -0.497 e. The van der Waals surface area contributed by atoms with Gasteiger partial charge in [-0.25, -0.2) is 4.79 Å². The zero-order chi connectivity index (χ0) is 22.5. The van der Waals surface area contributed by atoms with Crippen molar-refractivity contribution < 1.29 is 14.3 Å². The second-order valence-electron chi connectivity index (χ2n) is 9.68. The molecule has 0 unspecified atom stereocenters. The van der Waals surface area contributed by atoms with E-state index < -0.39 is 0 Å². The minimum absolute atomic E-state index is 0.0160. The van der Waals surface area contributed by atoms with Crippen molar-refractivity contribution in [1.82, 2.24) is 14.7 Å². The van der Waals surface area contributed by atoms with Crippen LogP contribution >= 0.6 is 0 Å². The number of ether oxygens (including phenoxy) is 1. The van der Waals surface area contributed by atoms with Crippen molar-refractivity contribution in [2.75, 3.05) is 51.7 Å². The number of carbonyl (C=O) groups is 2. The number of nitrogens with zero attached hydrogens (tertiary/aromatic N) is 3. The molecule has 1 N–H and O–H groups in total. The Morgan fingerprint density at radius 1 is 0.906 bits per heavy atom. The lowest BCUT2D eigenvalue weighted by Gasteiger charge is -2.43. The smallest absolute Gasteiger partial charge is 0.321 e. The van der Waals surface area contributed by atoms with Crippen LogP contribution in [0.5, 0.6) is 5.75 Å². The van der Waals surface area contributed by atoms with E-state index >= 15 is 0 Å². The summed E-state index contributed by atoms with van der Waals surface area (Å²) in [4.78, 5) is 32.7. The number of urea groups is 1. The van der Waals surface area contributed by atoms with E-state index in [2.05, 4.69) is 22.0 Å². The Morgan fingerprint density at radius 2 is 1.53 bits per heavy atom. The van der Waals surface area contributed by atoms with Gasteiger partial charge in [0.15, 0.2) is 0 Å². The van der Waals surface area contributed by atoms with Gasteiger partial charge in [0, 0.05) is 45.0 Å². The lowest BCUT2D eigenvalue weighted by molar-refractivity contribution is -0.141. The summed E-state index contributed by atoms with van der Waals surface area (Å²) in [5, 5.41) is 2.98. The predicted octanol–water partition coefficient (Wildman–Crippen LogP) is 3.66. The molecule has 3 amide bonds. The second kappa shape index (κ2) is 10.6. The number of likely N-dealkylation sites (tertiary alicyclic amines) is 1. The standard InChI is InChI=1S/C25H38N4O3/c1-19-11-13-28(14-12-19)24(30)23(20-5-3-4-6-20)27-15-17-29(18-16-27)25(31)26-21-7-9-22(32-2)10-8-21/h7-10,19-20,23H,3-6,11-18H2,1-2H3,(H,26,31)/t23-/m0/s1. The highest BCUT2D eigenvalue weighted by Crippen LogP contribution is 2.33. The zero-order valence-corrected chi connectivity index (χ0v) is 19.6. The average Bonchev–Trinajstić information content (AvgIpc) is 3.35. The molecule has 4 rings (SSSR count). The number of hydrogen-bond acceptors (Lipinski definition) is 4. The molecule has 0 aromatic heterocycles. The molecular formula is C25H38N4O3. The van der Waals surface area contributed by atoms with Gasteiger partial charge >= 0.3 is 6.03 Å². The Morgan fingerprint density at radius 3 is 2.12 bits per heavy atom. The highest BCUT2D eigenvalue weighted by atomic mass is 16.5. The average molecular weight is 443 g/mol. The van der Waals surface area contributed by atoms with Crippen LogP contribution in [-0.2, 0) is 4.79 Å². The van der Waals surface area contributed by atoms with E-state index in [4.69, 9.17) is 4.74 Å². The molecule has 1 aromatic rings. The highest BCUT2D eigenvalue weighted by molar-refractivity contribution is 5.89. The van der Waals surface area contributed by atoms with Gasteiger partial charge in [-0.3, -0.25) is 9.69 Å². The van der Waals surface area contributed by atoms with Crippen molar-refractivity contribution in [2.24, 2.45) is 11.8 Å². The molecule has 1 aliphatic carbocycles. The van der Waals surface area contributed by atoms with E-state index in [0.717, 1.165) is 69.2 Å². The van der Waals surface area contributed by atoms with E-state index in [1.807, 2.05) is 29.2 Å². The molecule has 176 valence electrons. The van der Waals surface area contributed by atoms with E-state index in [1.165, 1.54) is 12.8 Å². The third-order valence-electron chi connectivity index (χ3n) is 7.53. The molecule has 1 atom stereocenters. The first kappa shape index (κ1) is 22.9. The Bertz CT molecular complexity index is 762. The quantitative estimate of drug-likeness (QED) is 0.756. The summed E-state index contributed by atoms with van der Waals surface area (Å²) in [6.45, 7) is 6.89. The molecule has 1 aromatic carbocycles. The van der Waals surface area contributed by atoms with Crippen LogP contribution < -0.4 is 10.1 Å². The van der Waals surface area contributed by atoms with E-state index in [9.17, 15) is 9.59 Å². The van der Waals surface area contributed by atoms with E-state index in [-0.39, 0.29) is 12.1 Å². The number of piperidine rings is 1. The summed E-state index contributed by atoms with van der Waals surface area (Å²) in [6.07, 6.45) is 6.99. The van der Waals surface area contributed by atoms with Crippen LogP contribution in [0.25, 0.3) is 0 Å². The number of benzene rings is 1. The summed E-state index contributed by atoms with van der Waals surface area (Å²) in [5.74, 6) is 2.28. The topological polar surface area (TPSA) is 65.1 Å². The van der Waals surface area contributed by atoms with Crippen LogP contribution in [0.3, 0.4) is 0 Å². The Hall–Kier alpha value is -2.28. The molecule has 0 radical (unpaired) electrons. The van der Waals surface area contributed by atoms with Crippen molar-refractivity contribution in [3.63, 3.8) is 0 Å². The third kappa shape index (κ3) is 5.37. The Labute approximate surface area is 192 Å². The van der Waals surface area contributed by atoms with Crippen LogP contribution in [0.2, 0.25) is 0 Å². The van der Waals surface area contributed by atoms with Crippen LogP contribution in [0.15, 0.2) is 24.3 Å². The molecule has 32 heavy (non-hydrogen) atoms. The fourth-order valence-corrected chi connectivity index (χ4v) is 5.43. The summed E-state index contributed by atoms with van der Waals surface area (Å²) in [6, 6.07) is 7.28. The number of hydrogen-bond donors (Lipinski definition) is 1. The second-order valence-corrected chi connectivity index (χ2v) is 9.68. The van der Waals surface area contributed by atoms with Gasteiger partial charge in [0.2, 0.25) is 5.91 Å². The Balaban J connectivity index is 1.35. The maximum Gasteiger partial charge on any atom is 0.321 e. The van der Waals surface area contributed by atoms with Gasteiger partial charge in [-0.05, 0) is 61.8 Å². The van der Waals surface area contributed by atoms with Gasteiger partial charge in [0.05, 0.1) is 13.2 Å². The molecule has 0 spiro atoms. The first-order valence-electron chi connectivity index (χ1n) is 12.3. The molecule has 3 fully saturated rings. The number of nitrogens with one attached hydrogen (secondary N) is 1. The Kier molecular flexibility index (Phi) is 7.55. The molecule has 3 aliphatic rings. The SMILES string of the molecule is COc1ccc(NC(=O)N2CCN([C@H](C(=O)N3CCC(C)CC3)C3CCCC3)CC2)cc1. The van der Waals surface area contributed by atoms with Crippen molar-refractivity contribution in [1.29, 1.82) is 0 Å². The molecule has 1 saturated carbocycles. The number of rotatable bonds is 5. The van der Waals surface area contributed by atoms with Gasteiger partial charge in [-0.15, -0.1) is 0 Å². The first-order chi connectivity index (χ1) is 15.5. The lowest BCUT2D eigenvalue weighted by atomic mass is 9.92. The predicted molar refractivity (Wildman–Crippen MR) is 126 cm³/mol.